The van der Waals surface area contributed by atoms with Crippen LogP contribution in [-0.4, -0.2) is 54.4 Å². The Morgan fingerprint density at radius 3 is 2.53 bits per heavy atom. The highest BCUT2D eigenvalue weighted by atomic mass is 19.1. The first-order valence-corrected chi connectivity index (χ1v) is 11.1. The maximum absolute atomic E-state index is 14.8. The van der Waals surface area contributed by atoms with E-state index in [2.05, 4.69) is 14.8 Å². The molecule has 0 spiro atoms. The van der Waals surface area contributed by atoms with Crippen LogP contribution in [0.4, 0.5) is 10.1 Å². The van der Waals surface area contributed by atoms with Gasteiger partial charge in [0.2, 0.25) is 0 Å². The molecule has 2 aliphatic heterocycles. The molecular formula is C24H30FN3O2. The summed E-state index contributed by atoms with van der Waals surface area (Å²) in [6.45, 7) is 5.11. The fourth-order valence-electron chi connectivity index (χ4n) is 5.66. The second kappa shape index (κ2) is 8.25. The van der Waals surface area contributed by atoms with Gasteiger partial charge in [-0.05, 0) is 42.7 Å². The molecule has 1 saturated carbocycles. The van der Waals surface area contributed by atoms with E-state index in [9.17, 15) is 9.50 Å². The molecular weight excluding hydrogens is 381 g/mol. The summed E-state index contributed by atoms with van der Waals surface area (Å²) in [6.07, 6.45) is 4.93. The van der Waals surface area contributed by atoms with Crippen molar-refractivity contribution in [1.82, 2.24) is 9.88 Å². The van der Waals surface area contributed by atoms with Gasteiger partial charge in [-0.3, -0.25) is 9.88 Å². The second-order valence-corrected chi connectivity index (χ2v) is 8.94. The molecule has 1 N–H and O–H groups in total. The van der Waals surface area contributed by atoms with E-state index in [1.807, 2.05) is 30.3 Å². The Morgan fingerprint density at radius 2 is 1.87 bits per heavy atom. The molecule has 1 aromatic carbocycles. The predicted octanol–water partition coefficient (Wildman–Crippen LogP) is 3.18. The normalized spacial score (nSPS) is 29.7. The molecule has 2 unspecified atom stereocenters. The number of likely N-dealkylation sites (tertiary alicyclic amines) is 1. The molecule has 0 radical (unpaired) electrons. The van der Waals surface area contributed by atoms with Crippen LogP contribution in [-0.2, 0) is 16.9 Å². The molecule has 1 aromatic heterocycles. The van der Waals surface area contributed by atoms with E-state index in [-0.39, 0.29) is 17.7 Å². The average molecular weight is 412 g/mol. The van der Waals surface area contributed by atoms with Crippen molar-refractivity contribution in [2.75, 3.05) is 44.3 Å². The second-order valence-electron chi connectivity index (χ2n) is 8.94. The topological polar surface area (TPSA) is 48.8 Å². The maximum Gasteiger partial charge on any atom is 0.146 e. The van der Waals surface area contributed by atoms with Crippen LogP contribution in [0.15, 0.2) is 42.6 Å². The van der Waals surface area contributed by atoms with Crippen molar-refractivity contribution in [2.45, 2.75) is 31.4 Å². The minimum Gasteiger partial charge on any atom is -0.383 e. The number of rotatable bonds is 4. The van der Waals surface area contributed by atoms with Crippen LogP contribution in [0.25, 0.3) is 0 Å². The average Bonchev–Trinajstić information content (AvgIpc) is 2.76. The van der Waals surface area contributed by atoms with E-state index in [1.54, 1.807) is 12.3 Å². The molecule has 3 fully saturated rings. The molecule has 3 heterocycles. The number of pyridine rings is 1. The zero-order valence-corrected chi connectivity index (χ0v) is 17.3. The highest BCUT2D eigenvalue weighted by Gasteiger charge is 2.52. The molecule has 2 bridgehead atoms. The van der Waals surface area contributed by atoms with Crippen molar-refractivity contribution in [1.29, 1.82) is 0 Å². The SMILES string of the molecule is OC1(c2ccccn2)C2CCCC1CN(Cc1ccc(N3CCOCC3)c(F)c1)C2. The summed E-state index contributed by atoms with van der Waals surface area (Å²) in [5, 5.41) is 11.7. The molecule has 2 saturated heterocycles. The van der Waals surface area contributed by atoms with Gasteiger partial charge in [0.15, 0.2) is 0 Å². The Labute approximate surface area is 177 Å². The van der Waals surface area contributed by atoms with Crippen molar-refractivity contribution in [3.63, 3.8) is 0 Å². The standard InChI is InChI=1S/C24H30FN3O2/c25-21-14-18(7-8-22(21)28-10-12-30-13-11-28)15-27-16-19-4-3-5-20(17-27)24(19,29)23-6-1-2-9-26-23/h1-2,6-9,14,19-20,29H,3-5,10-13,15-17H2. The Morgan fingerprint density at radius 1 is 1.10 bits per heavy atom. The summed E-state index contributed by atoms with van der Waals surface area (Å²) in [5.74, 6) is 0.173. The molecule has 3 aliphatic rings. The molecule has 5 nitrogen and oxygen atoms in total. The van der Waals surface area contributed by atoms with Crippen molar-refractivity contribution in [2.24, 2.45) is 11.8 Å². The van der Waals surface area contributed by atoms with Gasteiger partial charge >= 0.3 is 0 Å². The number of nitrogens with zero attached hydrogens (tertiary/aromatic N) is 3. The summed E-state index contributed by atoms with van der Waals surface area (Å²) in [4.78, 5) is 8.94. The largest absolute Gasteiger partial charge is 0.383 e. The van der Waals surface area contributed by atoms with Crippen LogP contribution < -0.4 is 4.90 Å². The third-order valence-corrected chi connectivity index (χ3v) is 7.15. The molecule has 6 heteroatoms. The zero-order chi connectivity index (χ0) is 20.6. The number of anilines is 1. The van der Waals surface area contributed by atoms with Gasteiger partial charge in [0.25, 0.3) is 0 Å². The molecule has 1 aliphatic carbocycles. The number of fused-ring (bicyclic) bond motifs is 2. The number of hydrogen-bond acceptors (Lipinski definition) is 5. The van der Waals surface area contributed by atoms with Gasteiger partial charge in [-0.15, -0.1) is 0 Å². The number of piperidine rings is 1. The molecule has 0 amide bonds. The number of aliphatic hydroxyl groups is 1. The minimum atomic E-state index is -0.846. The van der Waals surface area contributed by atoms with E-state index >= 15 is 0 Å². The predicted molar refractivity (Wildman–Crippen MR) is 114 cm³/mol. The number of benzene rings is 1. The number of hydrogen-bond donors (Lipinski definition) is 1. The van der Waals surface area contributed by atoms with E-state index in [0.29, 0.717) is 25.4 Å². The Bertz CT molecular complexity index is 858. The molecule has 30 heavy (non-hydrogen) atoms. The van der Waals surface area contributed by atoms with Crippen LogP contribution in [0, 0.1) is 17.7 Å². The molecule has 2 aromatic rings. The van der Waals surface area contributed by atoms with Gasteiger partial charge in [0.1, 0.15) is 11.4 Å². The van der Waals surface area contributed by atoms with Crippen LogP contribution >= 0.6 is 0 Å². The minimum absolute atomic E-state index is 0.156. The Kier molecular flexibility index (Phi) is 5.48. The summed E-state index contributed by atoms with van der Waals surface area (Å²) in [6, 6.07) is 11.4. The monoisotopic (exact) mass is 411 g/mol. The zero-order valence-electron chi connectivity index (χ0n) is 17.3. The van der Waals surface area contributed by atoms with Crippen molar-refractivity contribution < 1.29 is 14.2 Å². The first-order chi connectivity index (χ1) is 14.6. The smallest absolute Gasteiger partial charge is 0.146 e. The quantitative estimate of drug-likeness (QED) is 0.838. The summed E-state index contributed by atoms with van der Waals surface area (Å²) in [7, 11) is 0. The van der Waals surface area contributed by atoms with Crippen LogP contribution in [0.1, 0.15) is 30.5 Å². The molecule has 2 atom stereocenters. The first-order valence-electron chi connectivity index (χ1n) is 11.1. The lowest BCUT2D eigenvalue weighted by Crippen LogP contribution is -2.58. The van der Waals surface area contributed by atoms with Crippen LogP contribution in [0.5, 0.6) is 0 Å². The third-order valence-electron chi connectivity index (χ3n) is 7.15. The highest BCUT2D eigenvalue weighted by Crippen LogP contribution is 2.48. The number of morpholine rings is 1. The fraction of sp³-hybridized carbons (Fsp3) is 0.542. The van der Waals surface area contributed by atoms with Gasteiger partial charge in [-0.25, -0.2) is 4.39 Å². The van der Waals surface area contributed by atoms with E-state index in [0.717, 1.165) is 56.7 Å². The van der Waals surface area contributed by atoms with Gasteiger partial charge in [-0.1, -0.05) is 18.6 Å². The van der Waals surface area contributed by atoms with Crippen molar-refractivity contribution in [3.8, 4) is 0 Å². The lowest BCUT2D eigenvalue weighted by Gasteiger charge is -2.52. The summed E-state index contributed by atoms with van der Waals surface area (Å²) >= 11 is 0. The van der Waals surface area contributed by atoms with Gasteiger partial charge in [-0.2, -0.15) is 0 Å². The molecule has 5 rings (SSSR count). The van der Waals surface area contributed by atoms with Gasteiger partial charge in [0.05, 0.1) is 24.6 Å². The number of halogens is 1. The summed E-state index contributed by atoms with van der Waals surface area (Å²) in [5.41, 5.74) is 1.62. The van der Waals surface area contributed by atoms with Gasteiger partial charge in [0, 0.05) is 50.8 Å². The van der Waals surface area contributed by atoms with Crippen LogP contribution in [0.3, 0.4) is 0 Å². The fourth-order valence-corrected chi connectivity index (χ4v) is 5.66. The van der Waals surface area contributed by atoms with Crippen molar-refractivity contribution in [3.05, 3.63) is 59.7 Å². The Hall–Kier alpha value is -2.02. The van der Waals surface area contributed by atoms with E-state index in [4.69, 9.17) is 4.74 Å². The lowest BCUT2D eigenvalue weighted by molar-refractivity contribution is -0.151. The van der Waals surface area contributed by atoms with Crippen LogP contribution in [0.2, 0.25) is 0 Å². The first kappa shape index (κ1) is 19.9. The van der Waals surface area contributed by atoms with Gasteiger partial charge < -0.3 is 14.7 Å². The maximum atomic E-state index is 14.8. The molecule has 160 valence electrons. The van der Waals surface area contributed by atoms with Crippen molar-refractivity contribution >= 4 is 5.69 Å². The van der Waals surface area contributed by atoms with E-state index in [1.165, 1.54) is 0 Å². The number of aromatic nitrogens is 1. The lowest BCUT2D eigenvalue weighted by atomic mass is 9.64. The van der Waals surface area contributed by atoms with E-state index < -0.39 is 5.60 Å². The Balaban J connectivity index is 1.31. The summed E-state index contributed by atoms with van der Waals surface area (Å²) < 4.78 is 20.2. The third kappa shape index (κ3) is 3.61. The number of ether oxygens (including phenoxy) is 1. The highest BCUT2D eigenvalue weighted by molar-refractivity contribution is 5.49.